The lowest BCUT2D eigenvalue weighted by Gasteiger charge is -2.42. The number of sulfone groups is 1. The minimum Gasteiger partial charge on any atom is -0.335 e. The van der Waals surface area contributed by atoms with E-state index < -0.39 is 15.4 Å². The van der Waals surface area contributed by atoms with Crippen LogP contribution in [-0.2, 0) is 14.6 Å². The van der Waals surface area contributed by atoms with Crippen molar-refractivity contribution in [2.45, 2.75) is 37.8 Å². The first-order valence-electron chi connectivity index (χ1n) is 6.07. The Morgan fingerprint density at radius 3 is 2.71 bits per heavy atom. The highest BCUT2D eigenvalue weighted by molar-refractivity contribution is 7.91. The molecule has 2 atom stereocenters. The molecular formula is C11H20N2O3S. The smallest absolute Gasteiger partial charge is 0.240 e. The van der Waals surface area contributed by atoms with E-state index in [9.17, 15) is 13.2 Å². The van der Waals surface area contributed by atoms with Gasteiger partial charge in [0.15, 0.2) is 9.84 Å². The molecule has 1 amide bonds. The summed E-state index contributed by atoms with van der Waals surface area (Å²) in [5.74, 6) is 0.373. The number of likely N-dealkylation sites (tertiary alicyclic amines) is 1. The van der Waals surface area contributed by atoms with Gasteiger partial charge in [-0.25, -0.2) is 8.42 Å². The van der Waals surface area contributed by atoms with Gasteiger partial charge >= 0.3 is 0 Å². The lowest BCUT2D eigenvalue weighted by molar-refractivity contribution is -0.141. The third-order valence-corrected chi connectivity index (χ3v) is 5.81. The summed E-state index contributed by atoms with van der Waals surface area (Å²) in [6, 6.07) is -0.149. The van der Waals surface area contributed by atoms with E-state index in [0.717, 1.165) is 12.8 Å². The van der Waals surface area contributed by atoms with E-state index in [0.29, 0.717) is 13.0 Å². The van der Waals surface area contributed by atoms with E-state index in [1.165, 1.54) is 0 Å². The summed E-state index contributed by atoms with van der Waals surface area (Å²) < 4.78 is 23.2. The lowest BCUT2D eigenvalue weighted by atomic mass is 9.93. The van der Waals surface area contributed by atoms with Crippen molar-refractivity contribution >= 4 is 15.7 Å². The fourth-order valence-electron chi connectivity index (χ4n) is 2.89. The second kappa shape index (κ2) is 4.24. The first-order chi connectivity index (χ1) is 7.88. The number of piperidine rings is 1. The van der Waals surface area contributed by atoms with Crippen molar-refractivity contribution in [3.63, 3.8) is 0 Å². The van der Waals surface area contributed by atoms with Gasteiger partial charge in [0.2, 0.25) is 5.91 Å². The first kappa shape index (κ1) is 12.8. The third kappa shape index (κ3) is 2.33. The van der Waals surface area contributed by atoms with Crippen LogP contribution >= 0.6 is 0 Å². The molecule has 0 aromatic heterocycles. The van der Waals surface area contributed by atoms with Gasteiger partial charge in [0.05, 0.1) is 23.1 Å². The van der Waals surface area contributed by atoms with E-state index in [1.54, 1.807) is 11.9 Å². The molecule has 0 saturated carbocycles. The second-order valence-corrected chi connectivity index (χ2v) is 7.50. The molecule has 0 aromatic rings. The zero-order valence-electron chi connectivity index (χ0n) is 10.4. The molecule has 2 rings (SSSR count). The third-order valence-electron chi connectivity index (χ3n) is 3.92. The van der Waals surface area contributed by atoms with Crippen molar-refractivity contribution in [1.29, 1.82) is 0 Å². The van der Waals surface area contributed by atoms with Gasteiger partial charge in [-0.3, -0.25) is 4.79 Å². The molecule has 2 fully saturated rings. The van der Waals surface area contributed by atoms with Gasteiger partial charge in [-0.15, -0.1) is 0 Å². The Morgan fingerprint density at radius 2 is 2.18 bits per heavy atom. The maximum absolute atomic E-state index is 12.2. The van der Waals surface area contributed by atoms with Crippen LogP contribution in [-0.4, -0.2) is 55.9 Å². The number of hydrogen-bond acceptors (Lipinski definition) is 4. The molecule has 2 aliphatic rings. The number of likely N-dealkylation sites (N-methyl/N-ethyl adjacent to an activating group) is 1. The summed E-state index contributed by atoms with van der Waals surface area (Å²) in [5, 5.41) is 3.00. The van der Waals surface area contributed by atoms with Crippen molar-refractivity contribution < 1.29 is 13.2 Å². The van der Waals surface area contributed by atoms with Gasteiger partial charge in [0.25, 0.3) is 0 Å². The highest BCUT2D eigenvalue weighted by atomic mass is 32.2. The van der Waals surface area contributed by atoms with E-state index in [2.05, 4.69) is 5.32 Å². The van der Waals surface area contributed by atoms with Crippen molar-refractivity contribution in [2.75, 3.05) is 25.1 Å². The van der Waals surface area contributed by atoms with Crippen LogP contribution in [0.2, 0.25) is 0 Å². The molecule has 98 valence electrons. The Morgan fingerprint density at radius 1 is 1.47 bits per heavy atom. The van der Waals surface area contributed by atoms with Crippen LogP contribution in [0, 0.1) is 0 Å². The summed E-state index contributed by atoms with van der Waals surface area (Å²) in [6.07, 6.45) is 2.35. The zero-order chi connectivity index (χ0) is 12.7. The van der Waals surface area contributed by atoms with Gasteiger partial charge in [-0.05, 0) is 33.2 Å². The van der Waals surface area contributed by atoms with E-state index in [4.69, 9.17) is 0 Å². The summed E-state index contributed by atoms with van der Waals surface area (Å²) in [4.78, 5) is 14.0. The minimum atomic E-state index is -2.97. The topological polar surface area (TPSA) is 66.5 Å². The van der Waals surface area contributed by atoms with Crippen LogP contribution in [0.1, 0.15) is 26.2 Å². The molecule has 17 heavy (non-hydrogen) atoms. The molecule has 0 aliphatic carbocycles. The van der Waals surface area contributed by atoms with Gasteiger partial charge in [-0.1, -0.05) is 0 Å². The van der Waals surface area contributed by atoms with E-state index >= 15 is 0 Å². The highest BCUT2D eigenvalue weighted by Gasteiger charge is 2.46. The van der Waals surface area contributed by atoms with Gasteiger partial charge in [0, 0.05) is 6.54 Å². The predicted octanol–water partition coefficient (Wildman–Crippen LogP) is -0.226. The number of hydrogen-bond donors (Lipinski definition) is 1. The van der Waals surface area contributed by atoms with Crippen LogP contribution in [0.4, 0.5) is 0 Å². The number of nitrogens with zero attached hydrogens (tertiary/aromatic N) is 1. The Kier molecular flexibility index (Phi) is 3.20. The summed E-state index contributed by atoms with van der Waals surface area (Å²) in [5.41, 5.74) is -0.495. The van der Waals surface area contributed by atoms with Crippen LogP contribution in [0.15, 0.2) is 0 Å². The van der Waals surface area contributed by atoms with Crippen LogP contribution < -0.4 is 5.32 Å². The number of carbonyl (C=O) groups excluding carboxylic acids is 1. The SMILES string of the molecule is CNC1CCCN(C2(C)CCS(=O)(=O)C2)C1=O. The highest BCUT2D eigenvalue weighted by Crippen LogP contribution is 2.32. The fraction of sp³-hybridized carbons (Fsp3) is 0.909. The molecule has 2 heterocycles. The monoisotopic (exact) mass is 260 g/mol. The Hall–Kier alpha value is -0.620. The van der Waals surface area contributed by atoms with Crippen LogP contribution in [0.3, 0.4) is 0 Å². The molecule has 2 unspecified atom stereocenters. The van der Waals surface area contributed by atoms with Crippen molar-refractivity contribution in [3.8, 4) is 0 Å². The van der Waals surface area contributed by atoms with Crippen molar-refractivity contribution in [2.24, 2.45) is 0 Å². The standard InChI is InChI=1S/C11H20N2O3S/c1-11(5-7-17(15,16)8-11)13-6-3-4-9(12-2)10(13)14/h9,12H,3-8H2,1-2H3. The van der Waals surface area contributed by atoms with Crippen molar-refractivity contribution in [1.82, 2.24) is 10.2 Å². The fourth-order valence-corrected chi connectivity index (χ4v) is 5.03. The molecule has 2 aliphatic heterocycles. The van der Waals surface area contributed by atoms with Crippen LogP contribution in [0.25, 0.3) is 0 Å². The summed E-state index contributed by atoms with van der Waals surface area (Å²) >= 11 is 0. The quantitative estimate of drug-likeness (QED) is 0.745. The molecule has 1 N–H and O–H groups in total. The average Bonchev–Trinajstić information content (AvgIpc) is 2.54. The molecule has 0 spiro atoms. The molecule has 2 saturated heterocycles. The zero-order valence-corrected chi connectivity index (χ0v) is 11.2. The maximum atomic E-state index is 12.2. The van der Waals surface area contributed by atoms with Gasteiger partial charge < -0.3 is 10.2 Å². The molecule has 0 bridgehead atoms. The molecule has 0 radical (unpaired) electrons. The number of rotatable bonds is 2. The lowest BCUT2D eigenvalue weighted by Crippen LogP contribution is -2.59. The van der Waals surface area contributed by atoms with Crippen molar-refractivity contribution in [3.05, 3.63) is 0 Å². The maximum Gasteiger partial charge on any atom is 0.240 e. The Labute approximate surface area is 102 Å². The Bertz CT molecular complexity index is 420. The normalized spacial score (nSPS) is 37.4. The molecule has 5 nitrogen and oxygen atoms in total. The van der Waals surface area contributed by atoms with Gasteiger partial charge in [-0.2, -0.15) is 0 Å². The minimum absolute atomic E-state index is 0.0540. The molecule has 6 heteroatoms. The van der Waals surface area contributed by atoms with Crippen LogP contribution in [0.5, 0.6) is 0 Å². The number of carbonyl (C=O) groups is 1. The summed E-state index contributed by atoms with van der Waals surface area (Å²) in [6.45, 7) is 2.58. The van der Waals surface area contributed by atoms with E-state index in [1.807, 2.05) is 6.92 Å². The molecule has 0 aromatic carbocycles. The molecular weight excluding hydrogens is 240 g/mol. The number of nitrogens with one attached hydrogen (secondary N) is 1. The summed E-state index contributed by atoms with van der Waals surface area (Å²) in [7, 11) is -1.19. The average molecular weight is 260 g/mol. The van der Waals surface area contributed by atoms with E-state index in [-0.39, 0.29) is 23.5 Å². The first-order valence-corrected chi connectivity index (χ1v) is 7.89. The second-order valence-electron chi connectivity index (χ2n) is 5.31. The largest absolute Gasteiger partial charge is 0.335 e. The van der Waals surface area contributed by atoms with Gasteiger partial charge in [0.1, 0.15) is 0 Å². The predicted molar refractivity (Wildman–Crippen MR) is 65.5 cm³/mol. The Balaban J connectivity index is 2.19. The number of amides is 1.